The van der Waals surface area contributed by atoms with Crippen LogP contribution in [-0.2, 0) is 23.4 Å². The lowest BCUT2D eigenvalue weighted by atomic mass is 9.84. The van der Waals surface area contributed by atoms with Gasteiger partial charge in [-0.1, -0.05) is 72.8 Å². The molecule has 0 spiro atoms. The number of halogens is 1. The molecule has 6 heteroatoms. The highest BCUT2D eigenvalue weighted by Crippen LogP contribution is 2.37. The molecule has 1 aliphatic heterocycles. The Balaban J connectivity index is 1.39. The van der Waals surface area contributed by atoms with Crippen LogP contribution in [0.4, 0.5) is 4.39 Å². The second-order valence-corrected chi connectivity index (χ2v) is 9.50. The third-order valence-electron chi connectivity index (χ3n) is 6.94. The zero-order chi connectivity index (χ0) is 25.5. The average molecular weight is 501 g/mol. The smallest absolute Gasteiger partial charge is 0.173 e. The number of furan rings is 1. The summed E-state index contributed by atoms with van der Waals surface area (Å²) in [6.07, 6.45) is 0. The summed E-state index contributed by atoms with van der Waals surface area (Å²) in [4.78, 5) is 4.70. The zero-order valence-corrected chi connectivity index (χ0v) is 20.9. The first kappa shape index (κ1) is 25.4. The Kier molecular flexibility index (Phi) is 8.12. The molecule has 1 fully saturated rings. The molecule has 0 saturated carbocycles. The van der Waals surface area contributed by atoms with E-state index in [2.05, 4.69) is 9.80 Å². The normalized spacial score (nSPS) is 14.8. The van der Waals surface area contributed by atoms with Gasteiger partial charge in [0.05, 0.1) is 19.8 Å². The predicted octanol–water partition coefficient (Wildman–Crippen LogP) is 5.04. The van der Waals surface area contributed by atoms with E-state index in [9.17, 15) is 9.50 Å². The third kappa shape index (κ3) is 6.17. The van der Waals surface area contributed by atoms with Crippen molar-refractivity contribution in [2.24, 2.45) is 0 Å². The number of hydrogen-bond acceptors (Lipinski definition) is 5. The quantitative estimate of drug-likeness (QED) is 0.331. The van der Waals surface area contributed by atoms with Gasteiger partial charge in [0.25, 0.3) is 0 Å². The number of hydrogen-bond donors (Lipinski definition) is 1. The van der Waals surface area contributed by atoms with E-state index in [1.807, 2.05) is 84.9 Å². The first-order valence-corrected chi connectivity index (χ1v) is 12.8. The maximum absolute atomic E-state index is 13.5. The summed E-state index contributed by atoms with van der Waals surface area (Å²) >= 11 is 0. The summed E-state index contributed by atoms with van der Waals surface area (Å²) in [6.45, 7) is 6.36. The summed E-state index contributed by atoms with van der Waals surface area (Å²) < 4.78 is 25.3. The Morgan fingerprint density at radius 3 is 2.03 bits per heavy atom. The lowest BCUT2D eigenvalue weighted by molar-refractivity contribution is 0.0319. The minimum atomic E-state index is -1.41. The number of nitrogens with zero attached hydrogens (tertiary/aromatic N) is 2. The number of morpholine rings is 1. The van der Waals surface area contributed by atoms with Crippen LogP contribution in [-0.4, -0.2) is 54.3 Å². The van der Waals surface area contributed by atoms with Gasteiger partial charge in [-0.2, -0.15) is 0 Å². The molecule has 37 heavy (non-hydrogen) atoms. The highest BCUT2D eigenvalue weighted by molar-refractivity contribution is 5.43. The van der Waals surface area contributed by atoms with Gasteiger partial charge in [0.15, 0.2) is 5.60 Å². The van der Waals surface area contributed by atoms with Crippen molar-refractivity contribution < 1.29 is 18.7 Å². The summed E-state index contributed by atoms with van der Waals surface area (Å²) in [5.74, 6) is 1.01. The Hall–Kier alpha value is -3.29. The molecule has 1 aromatic heterocycles. The van der Waals surface area contributed by atoms with Crippen molar-refractivity contribution in [1.82, 2.24) is 9.80 Å². The van der Waals surface area contributed by atoms with Crippen molar-refractivity contribution in [2.75, 3.05) is 39.4 Å². The van der Waals surface area contributed by atoms with Gasteiger partial charge in [-0.25, -0.2) is 4.39 Å². The van der Waals surface area contributed by atoms with Crippen LogP contribution in [0.1, 0.15) is 28.2 Å². The van der Waals surface area contributed by atoms with Crippen LogP contribution >= 0.6 is 0 Å². The number of benzene rings is 3. The first-order valence-electron chi connectivity index (χ1n) is 12.8. The Labute approximate surface area is 217 Å². The largest absolute Gasteiger partial charge is 0.461 e. The van der Waals surface area contributed by atoms with Crippen LogP contribution in [0.3, 0.4) is 0 Å². The molecule has 0 atom stereocenters. The van der Waals surface area contributed by atoms with Crippen LogP contribution in [0, 0.1) is 5.82 Å². The van der Waals surface area contributed by atoms with Gasteiger partial charge >= 0.3 is 0 Å². The second kappa shape index (κ2) is 11.8. The van der Waals surface area contributed by atoms with Crippen molar-refractivity contribution in [1.29, 1.82) is 0 Å². The molecule has 0 aliphatic carbocycles. The van der Waals surface area contributed by atoms with Gasteiger partial charge in [-0.05, 0) is 41.0 Å². The number of rotatable bonds is 10. The zero-order valence-electron chi connectivity index (χ0n) is 20.9. The summed E-state index contributed by atoms with van der Waals surface area (Å²) in [6, 6.07) is 29.7. The minimum Gasteiger partial charge on any atom is -0.461 e. The topological polar surface area (TPSA) is 49.1 Å². The van der Waals surface area contributed by atoms with E-state index in [4.69, 9.17) is 9.15 Å². The van der Waals surface area contributed by atoms with Gasteiger partial charge in [0.1, 0.15) is 17.3 Å². The third-order valence-corrected chi connectivity index (χ3v) is 6.94. The van der Waals surface area contributed by atoms with Crippen LogP contribution in [0.25, 0.3) is 0 Å². The van der Waals surface area contributed by atoms with Gasteiger partial charge in [-0.3, -0.25) is 9.80 Å². The molecule has 3 aromatic carbocycles. The molecule has 1 aliphatic rings. The van der Waals surface area contributed by atoms with E-state index < -0.39 is 5.60 Å². The van der Waals surface area contributed by atoms with Gasteiger partial charge in [0.2, 0.25) is 0 Å². The minimum absolute atomic E-state index is 0.236. The average Bonchev–Trinajstić information content (AvgIpc) is 3.43. The molecule has 0 radical (unpaired) electrons. The van der Waals surface area contributed by atoms with Gasteiger partial charge in [-0.15, -0.1) is 0 Å². The highest BCUT2D eigenvalue weighted by Gasteiger charge is 2.37. The lowest BCUT2D eigenvalue weighted by Gasteiger charge is -2.30. The van der Waals surface area contributed by atoms with Crippen molar-refractivity contribution in [2.45, 2.75) is 18.7 Å². The fourth-order valence-electron chi connectivity index (χ4n) is 4.86. The molecular formula is C31H33FN2O3. The summed E-state index contributed by atoms with van der Waals surface area (Å²) in [5, 5.41) is 12.0. The van der Waals surface area contributed by atoms with Crippen LogP contribution in [0.5, 0.6) is 0 Å². The SMILES string of the molecule is OC(c1ccccc1)(c1ccccc1)c1ccc(CN(CCN2CCOCC2)Cc2ccc(F)cc2)o1. The van der Waals surface area contributed by atoms with E-state index in [1.165, 1.54) is 12.1 Å². The number of ether oxygens (including phenoxy) is 1. The standard InChI is InChI=1S/C31H33FN2O3/c32-28-13-11-25(12-14-28)23-34(18-17-33-19-21-36-22-20-33)24-29-15-16-30(37-29)31(35,26-7-3-1-4-8-26)27-9-5-2-6-10-27/h1-16,35H,17-24H2. The molecule has 0 bridgehead atoms. The molecule has 5 nitrogen and oxygen atoms in total. The molecule has 1 saturated heterocycles. The fraction of sp³-hybridized carbons (Fsp3) is 0.290. The highest BCUT2D eigenvalue weighted by atomic mass is 19.1. The molecule has 4 aromatic rings. The molecule has 192 valence electrons. The Morgan fingerprint density at radius 2 is 1.41 bits per heavy atom. The van der Waals surface area contributed by atoms with Gasteiger partial charge < -0.3 is 14.3 Å². The fourth-order valence-corrected chi connectivity index (χ4v) is 4.86. The van der Waals surface area contributed by atoms with Crippen LogP contribution in [0.15, 0.2) is 101 Å². The Morgan fingerprint density at radius 1 is 0.784 bits per heavy atom. The predicted molar refractivity (Wildman–Crippen MR) is 141 cm³/mol. The van der Waals surface area contributed by atoms with Gasteiger partial charge in [0, 0.05) is 32.7 Å². The second-order valence-electron chi connectivity index (χ2n) is 9.50. The molecule has 1 N–H and O–H groups in total. The van der Waals surface area contributed by atoms with E-state index >= 15 is 0 Å². The summed E-state index contributed by atoms with van der Waals surface area (Å²) in [5.41, 5.74) is 1.13. The first-order chi connectivity index (χ1) is 18.1. The van der Waals surface area contributed by atoms with Crippen molar-refractivity contribution >= 4 is 0 Å². The maximum atomic E-state index is 13.5. The van der Waals surface area contributed by atoms with E-state index in [0.29, 0.717) is 18.8 Å². The molecule has 0 amide bonds. The van der Waals surface area contributed by atoms with E-state index in [1.54, 1.807) is 0 Å². The van der Waals surface area contributed by atoms with Crippen LogP contribution < -0.4 is 0 Å². The monoisotopic (exact) mass is 500 g/mol. The molecule has 0 unspecified atom stereocenters. The van der Waals surface area contributed by atoms with E-state index in [-0.39, 0.29) is 5.82 Å². The molecule has 2 heterocycles. The van der Waals surface area contributed by atoms with Crippen molar-refractivity contribution in [3.05, 3.63) is 131 Å². The van der Waals surface area contributed by atoms with Crippen LogP contribution in [0.2, 0.25) is 0 Å². The summed E-state index contributed by atoms with van der Waals surface area (Å²) in [7, 11) is 0. The van der Waals surface area contributed by atoms with E-state index in [0.717, 1.165) is 61.8 Å². The maximum Gasteiger partial charge on any atom is 0.173 e. The molecule has 5 rings (SSSR count). The van der Waals surface area contributed by atoms with Crippen molar-refractivity contribution in [3.63, 3.8) is 0 Å². The lowest BCUT2D eigenvalue weighted by Crippen LogP contribution is -2.41. The number of aliphatic hydroxyl groups is 1. The Bertz CT molecular complexity index is 1200. The molecular weight excluding hydrogens is 467 g/mol. The van der Waals surface area contributed by atoms with Crippen molar-refractivity contribution in [3.8, 4) is 0 Å².